The Kier molecular flexibility index (Phi) is 2.86. The molecule has 0 saturated carbocycles. The van der Waals surface area contributed by atoms with Gasteiger partial charge in [-0.2, -0.15) is 10.5 Å². The van der Waals surface area contributed by atoms with Crippen LogP contribution in [-0.4, -0.2) is 0 Å². The highest BCUT2D eigenvalue weighted by Gasteiger charge is 2.04. The fourth-order valence-corrected chi connectivity index (χ4v) is 1.81. The van der Waals surface area contributed by atoms with Crippen LogP contribution in [-0.2, 0) is 0 Å². The predicted molar refractivity (Wildman–Crippen MR) is 60.3 cm³/mol. The minimum atomic E-state index is 0.330. The van der Waals surface area contributed by atoms with Crippen LogP contribution in [0.15, 0.2) is 35.7 Å². The summed E-state index contributed by atoms with van der Waals surface area (Å²) in [6.45, 7) is 0. The van der Waals surface area contributed by atoms with Crippen molar-refractivity contribution in [3.63, 3.8) is 0 Å². The van der Waals surface area contributed by atoms with Crippen LogP contribution in [0.5, 0.6) is 10.8 Å². The first-order chi connectivity index (χ1) is 7.83. The van der Waals surface area contributed by atoms with Crippen LogP contribution in [0.3, 0.4) is 0 Å². The van der Waals surface area contributed by atoms with Crippen LogP contribution in [0, 0.1) is 22.7 Å². The van der Waals surface area contributed by atoms with Crippen molar-refractivity contribution in [1.82, 2.24) is 0 Å². The van der Waals surface area contributed by atoms with Gasteiger partial charge >= 0.3 is 0 Å². The molecule has 0 saturated heterocycles. The van der Waals surface area contributed by atoms with E-state index in [0.29, 0.717) is 16.9 Å². The Morgan fingerprint density at radius 1 is 1.06 bits per heavy atom. The highest BCUT2D eigenvalue weighted by molar-refractivity contribution is 7.11. The standard InChI is InChI=1S/C12H6N2OS/c13-7-9-3-4-11(6-10(9)8-14)15-12-2-1-5-16-12/h1-6H. The molecule has 0 fully saturated rings. The molecule has 3 nitrogen and oxygen atoms in total. The van der Waals surface area contributed by atoms with Gasteiger partial charge in [-0.25, -0.2) is 0 Å². The van der Waals surface area contributed by atoms with Crippen molar-refractivity contribution < 1.29 is 4.74 Å². The largest absolute Gasteiger partial charge is 0.447 e. The zero-order valence-electron chi connectivity index (χ0n) is 8.18. The van der Waals surface area contributed by atoms with E-state index in [1.807, 2.05) is 29.7 Å². The van der Waals surface area contributed by atoms with Gasteiger partial charge in [-0.05, 0) is 35.7 Å². The molecule has 0 bridgehead atoms. The average Bonchev–Trinajstić information content (AvgIpc) is 2.81. The summed E-state index contributed by atoms with van der Waals surface area (Å²) in [6.07, 6.45) is 0. The smallest absolute Gasteiger partial charge is 0.180 e. The molecule has 0 N–H and O–H groups in total. The molecule has 0 radical (unpaired) electrons. The molecule has 0 unspecified atom stereocenters. The Labute approximate surface area is 96.8 Å². The van der Waals surface area contributed by atoms with Gasteiger partial charge in [0.25, 0.3) is 0 Å². The van der Waals surface area contributed by atoms with E-state index in [9.17, 15) is 0 Å². The second kappa shape index (κ2) is 4.48. The minimum absolute atomic E-state index is 0.330. The molecule has 0 aliphatic rings. The van der Waals surface area contributed by atoms with E-state index in [1.54, 1.807) is 18.2 Å². The average molecular weight is 226 g/mol. The van der Waals surface area contributed by atoms with E-state index in [-0.39, 0.29) is 0 Å². The van der Waals surface area contributed by atoms with Gasteiger partial charge in [-0.15, -0.1) is 11.3 Å². The Hall–Kier alpha value is -2.30. The third-order valence-electron chi connectivity index (χ3n) is 1.95. The first-order valence-corrected chi connectivity index (χ1v) is 5.37. The summed E-state index contributed by atoms with van der Waals surface area (Å²) in [7, 11) is 0. The summed E-state index contributed by atoms with van der Waals surface area (Å²) in [4.78, 5) is 0. The van der Waals surface area contributed by atoms with Crippen molar-refractivity contribution >= 4 is 11.3 Å². The zero-order chi connectivity index (χ0) is 11.4. The van der Waals surface area contributed by atoms with Gasteiger partial charge in [0.05, 0.1) is 11.1 Å². The van der Waals surface area contributed by atoms with E-state index < -0.39 is 0 Å². The molecule has 1 aromatic carbocycles. The second-order valence-corrected chi connectivity index (χ2v) is 3.88. The van der Waals surface area contributed by atoms with Crippen molar-refractivity contribution in [2.24, 2.45) is 0 Å². The topological polar surface area (TPSA) is 56.8 Å². The molecule has 16 heavy (non-hydrogen) atoms. The van der Waals surface area contributed by atoms with Crippen molar-refractivity contribution in [2.75, 3.05) is 0 Å². The number of rotatable bonds is 2. The van der Waals surface area contributed by atoms with E-state index in [1.165, 1.54) is 11.3 Å². The molecular weight excluding hydrogens is 220 g/mol. The summed E-state index contributed by atoms with van der Waals surface area (Å²) in [5, 5.41) is 20.3. The van der Waals surface area contributed by atoms with E-state index in [0.717, 1.165) is 5.06 Å². The third kappa shape index (κ3) is 2.03. The van der Waals surface area contributed by atoms with Gasteiger partial charge in [-0.3, -0.25) is 0 Å². The number of nitrogens with zero attached hydrogens (tertiary/aromatic N) is 2. The van der Waals surface area contributed by atoms with E-state index >= 15 is 0 Å². The number of ether oxygens (including phenoxy) is 1. The lowest BCUT2D eigenvalue weighted by atomic mass is 10.1. The maximum atomic E-state index is 8.85. The van der Waals surface area contributed by atoms with E-state index in [2.05, 4.69) is 0 Å². The monoisotopic (exact) mass is 226 g/mol. The molecular formula is C12H6N2OS. The lowest BCUT2D eigenvalue weighted by Crippen LogP contribution is -1.86. The SMILES string of the molecule is N#Cc1ccc(Oc2cccs2)cc1C#N. The Morgan fingerprint density at radius 3 is 2.50 bits per heavy atom. The summed E-state index contributed by atoms with van der Waals surface area (Å²) >= 11 is 1.47. The Bertz CT molecular complexity index is 576. The Morgan fingerprint density at radius 2 is 1.88 bits per heavy atom. The number of thiophene rings is 1. The fourth-order valence-electron chi connectivity index (χ4n) is 1.21. The first kappa shape index (κ1) is 10.2. The van der Waals surface area contributed by atoms with Gasteiger partial charge in [0.15, 0.2) is 5.06 Å². The van der Waals surface area contributed by atoms with Gasteiger partial charge in [0, 0.05) is 0 Å². The molecule has 2 rings (SSSR count). The molecule has 0 amide bonds. The van der Waals surface area contributed by atoms with Crippen molar-refractivity contribution in [3.8, 4) is 23.0 Å². The van der Waals surface area contributed by atoms with Crippen LogP contribution in [0.4, 0.5) is 0 Å². The first-order valence-electron chi connectivity index (χ1n) is 4.49. The van der Waals surface area contributed by atoms with Crippen LogP contribution < -0.4 is 4.74 Å². The summed E-state index contributed by atoms with van der Waals surface area (Å²) in [5.74, 6) is 0.568. The van der Waals surface area contributed by atoms with Crippen molar-refractivity contribution in [1.29, 1.82) is 10.5 Å². The molecule has 1 aromatic heterocycles. The molecule has 0 atom stereocenters. The summed E-state index contributed by atoms with van der Waals surface area (Å²) in [6, 6.07) is 12.5. The third-order valence-corrected chi connectivity index (χ3v) is 2.69. The molecule has 2 aromatic rings. The number of hydrogen-bond donors (Lipinski definition) is 0. The van der Waals surface area contributed by atoms with Gasteiger partial charge in [-0.1, -0.05) is 0 Å². The highest BCUT2D eigenvalue weighted by atomic mass is 32.1. The number of nitriles is 2. The number of benzene rings is 1. The second-order valence-electron chi connectivity index (χ2n) is 2.97. The lowest BCUT2D eigenvalue weighted by Gasteiger charge is -2.03. The minimum Gasteiger partial charge on any atom is -0.447 e. The summed E-state index contributed by atoms with van der Waals surface area (Å²) in [5.41, 5.74) is 0.692. The predicted octanol–water partition coefficient (Wildman–Crippen LogP) is 3.28. The Balaban J connectivity index is 2.31. The lowest BCUT2D eigenvalue weighted by molar-refractivity contribution is 0.496. The van der Waals surface area contributed by atoms with Crippen molar-refractivity contribution in [3.05, 3.63) is 46.8 Å². The maximum absolute atomic E-state index is 8.85. The molecule has 0 spiro atoms. The van der Waals surface area contributed by atoms with Crippen molar-refractivity contribution in [2.45, 2.75) is 0 Å². The molecule has 4 heteroatoms. The van der Waals surface area contributed by atoms with Gasteiger partial charge in [0.2, 0.25) is 0 Å². The van der Waals surface area contributed by atoms with Crippen LogP contribution in [0.2, 0.25) is 0 Å². The van der Waals surface area contributed by atoms with Gasteiger partial charge < -0.3 is 4.74 Å². The molecule has 1 heterocycles. The summed E-state index contributed by atoms with van der Waals surface area (Å²) < 4.78 is 5.52. The molecule has 0 aliphatic carbocycles. The fraction of sp³-hybridized carbons (Fsp3) is 0. The number of hydrogen-bond acceptors (Lipinski definition) is 4. The molecule has 0 aliphatic heterocycles. The van der Waals surface area contributed by atoms with Crippen LogP contribution >= 0.6 is 11.3 Å². The zero-order valence-corrected chi connectivity index (χ0v) is 8.99. The maximum Gasteiger partial charge on any atom is 0.180 e. The van der Waals surface area contributed by atoms with Crippen LogP contribution in [0.25, 0.3) is 0 Å². The normalized spacial score (nSPS) is 9.12. The van der Waals surface area contributed by atoms with Gasteiger partial charge in [0.1, 0.15) is 17.9 Å². The highest BCUT2D eigenvalue weighted by Crippen LogP contribution is 2.27. The van der Waals surface area contributed by atoms with E-state index in [4.69, 9.17) is 15.3 Å². The van der Waals surface area contributed by atoms with Crippen LogP contribution in [0.1, 0.15) is 11.1 Å². The quantitative estimate of drug-likeness (QED) is 0.789. The molecule has 76 valence electrons.